The topological polar surface area (TPSA) is 88.2 Å². The number of anilines is 1. The molecule has 0 aliphatic heterocycles. The number of nitrogens with one attached hydrogen (secondary N) is 2. The molecule has 1 atom stereocenters. The summed E-state index contributed by atoms with van der Waals surface area (Å²) < 4.78 is 26.0. The Bertz CT molecular complexity index is 1440. The predicted molar refractivity (Wildman–Crippen MR) is 133 cm³/mol. The largest absolute Gasteiger partial charge is 0.345 e. The van der Waals surface area contributed by atoms with Crippen molar-refractivity contribution in [1.82, 2.24) is 10.3 Å². The molecule has 33 heavy (non-hydrogen) atoms. The van der Waals surface area contributed by atoms with E-state index in [1.165, 1.54) is 0 Å². The Balaban J connectivity index is 1.71. The number of halogens is 1. The van der Waals surface area contributed by atoms with Crippen molar-refractivity contribution in [3.8, 4) is 11.3 Å². The molecule has 4 rings (SSSR count). The smallest absolute Gasteiger partial charge is 0.252 e. The summed E-state index contributed by atoms with van der Waals surface area (Å²) in [6.45, 7) is 1.81. The van der Waals surface area contributed by atoms with E-state index < -0.39 is 16.1 Å². The van der Waals surface area contributed by atoms with Gasteiger partial charge in [-0.15, -0.1) is 0 Å². The second kappa shape index (κ2) is 9.21. The summed E-state index contributed by atoms with van der Waals surface area (Å²) in [6, 6.07) is 23.0. The van der Waals surface area contributed by atoms with Crippen LogP contribution < -0.4 is 10.0 Å². The van der Waals surface area contributed by atoms with E-state index in [4.69, 9.17) is 16.6 Å². The number of pyridine rings is 1. The van der Waals surface area contributed by atoms with E-state index in [0.29, 0.717) is 33.0 Å². The molecule has 0 radical (unpaired) electrons. The third-order valence-corrected chi connectivity index (χ3v) is 6.01. The molecule has 0 saturated carbocycles. The predicted octanol–water partition coefficient (Wildman–Crippen LogP) is 5.42. The molecule has 1 amide bonds. The number of amides is 1. The SMILES string of the molecule is CC(NC(=O)c1cc(-c2ccc(Cl)cc2)nc2ccccc12)c1ccccc1NS(C)(=O)=O. The van der Waals surface area contributed by atoms with E-state index in [0.717, 1.165) is 17.2 Å². The van der Waals surface area contributed by atoms with Crippen LogP contribution in [-0.4, -0.2) is 25.6 Å². The second-order valence-corrected chi connectivity index (χ2v) is 9.92. The summed E-state index contributed by atoms with van der Waals surface area (Å²) in [5.41, 5.74) is 3.76. The summed E-state index contributed by atoms with van der Waals surface area (Å²) in [5, 5.41) is 4.34. The zero-order valence-electron chi connectivity index (χ0n) is 18.0. The minimum atomic E-state index is -3.46. The normalized spacial score (nSPS) is 12.3. The summed E-state index contributed by atoms with van der Waals surface area (Å²) in [6.07, 6.45) is 1.09. The van der Waals surface area contributed by atoms with E-state index in [1.54, 1.807) is 42.5 Å². The number of hydrogen-bond acceptors (Lipinski definition) is 4. The van der Waals surface area contributed by atoms with Gasteiger partial charge in [-0.25, -0.2) is 13.4 Å². The Hall–Kier alpha value is -3.42. The zero-order valence-corrected chi connectivity index (χ0v) is 19.6. The number of nitrogens with zero attached hydrogens (tertiary/aromatic N) is 1. The van der Waals surface area contributed by atoms with Gasteiger partial charge in [-0.05, 0) is 42.8 Å². The van der Waals surface area contributed by atoms with Crippen LogP contribution in [0.5, 0.6) is 0 Å². The van der Waals surface area contributed by atoms with Crippen molar-refractivity contribution in [2.24, 2.45) is 0 Å². The number of rotatable bonds is 6. The molecule has 168 valence electrons. The Kier molecular flexibility index (Phi) is 6.35. The lowest BCUT2D eigenvalue weighted by Gasteiger charge is -2.19. The number of carbonyl (C=O) groups excluding carboxylic acids is 1. The van der Waals surface area contributed by atoms with Gasteiger partial charge in [0.05, 0.1) is 34.8 Å². The standard InChI is InChI=1S/C25H22ClN3O3S/c1-16(19-7-3-6-10-23(19)29-33(2,31)32)27-25(30)21-15-24(17-11-13-18(26)14-12-17)28-22-9-5-4-8-20(21)22/h3-16,29H,1-2H3,(H,27,30). The van der Waals surface area contributed by atoms with Crippen LogP contribution in [0.15, 0.2) is 78.9 Å². The maximum absolute atomic E-state index is 13.4. The fourth-order valence-corrected chi connectivity index (χ4v) is 4.36. The minimum absolute atomic E-state index is 0.287. The van der Waals surface area contributed by atoms with Crippen LogP contribution >= 0.6 is 11.6 Å². The van der Waals surface area contributed by atoms with Crippen molar-refractivity contribution in [3.05, 3.63) is 95.0 Å². The molecule has 0 aliphatic carbocycles. The van der Waals surface area contributed by atoms with Gasteiger partial charge in [0, 0.05) is 16.0 Å². The van der Waals surface area contributed by atoms with Gasteiger partial charge in [-0.2, -0.15) is 0 Å². The molecule has 0 spiro atoms. The van der Waals surface area contributed by atoms with Crippen LogP contribution in [0, 0.1) is 0 Å². The van der Waals surface area contributed by atoms with Crippen LogP contribution in [0.4, 0.5) is 5.69 Å². The number of benzene rings is 3. The van der Waals surface area contributed by atoms with Crippen LogP contribution in [0.1, 0.15) is 28.9 Å². The number of sulfonamides is 1. The van der Waals surface area contributed by atoms with E-state index in [2.05, 4.69) is 10.0 Å². The molecule has 0 fully saturated rings. The van der Waals surface area contributed by atoms with Gasteiger partial charge >= 0.3 is 0 Å². The zero-order chi connectivity index (χ0) is 23.6. The van der Waals surface area contributed by atoms with E-state index >= 15 is 0 Å². The molecule has 2 N–H and O–H groups in total. The lowest BCUT2D eigenvalue weighted by molar-refractivity contribution is 0.0941. The van der Waals surface area contributed by atoms with Gasteiger partial charge < -0.3 is 5.32 Å². The molecular formula is C25H22ClN3O3S. The molecule has 1 unspecified atom stereocenters. The van der Waals surface area contributed by atoms with Crippen molar-refractivity contribution in [2.45, 2.75) is 13.0 Å². The number of aromatic nitrogens is 1. The van der Waals surface area contributed by atoms with Gasteiger partial charge in [0.15, 0.2) is 0 Å². The van der Waals surface area contributed by atoms with Crippen LogP contribution in [0.3, 0.4) is 0 Å². The molecule has 1 aromatic heterocycles. The molecule has 8 heteroatoms. The Morgan fingerprint density at radius 3 is 2.36 bits per heavy atom. The number of carbonyl (C=O) groups is 1. The first kappa shape index (κ1) is 22.8. The van der Waals surface area contributed by atoms with Crippen LogP contribution in [0.25, 0.3) is 22.2 Å². The maximum atomic E-state index is 13.4. The van der Waals surface area contributed by atoms with Crippen molar-refractivity contribution in [3.63, 3.8) is 0 Å². The van der Waals surface area contributed by atoms with Crippen molar-refractivity contribution >= 4 is 44.1 Å². The number of para-hydroxylation sites is 2. The molecule has 0 saturated heterocycles. The molecule has 6 nitrogen and oxygen atoms in total. The van der Waals surface area contributed by atoms with Gasteiger partial charge in [-0.3, -0.25) is 9.52 Å². The van der Waals surface area contributed by atoms with Crippen LogP contribution in [-0.2, 0) is 10.0 Å². The second-order valence-electron chi connectivity index (χ2n) is 7.74. The minimum Gasteiger partial charge on any atom is -0.345 e. The molecule has 0 aliphatic rings. The average Bonchev–Trinajstić information content (AvgIpc) is 2.78. The van der Waals surface area contributed by atoms with Crippen LogP contribution in [0.2, 0.25) is 5.02 Å². The molecule has 3 aromatic carbocycles. The summed E-state index contributed by atoms with van der Waals surface area (Å²) in [5.74, 6) is -0.287. The molecular weight excluding hydrogens is 458 g/mol. The summed E-state index contributed by atoms with van der Waals surface area (Å²) in [7, 11) is -3.46. The van der Waals surface area contributed by atoms with E-state index in [1.807, 2.05) is 43.3 Å². The average molecular weight is 480 g/mol. The highest BCUT2D eigenvalue weighted by atomic mass is 35.5. The lowest BCUT2D eigenvalue weighted by Crippen LogP contribution is -2.28. The third kappa shape index (κ3) is 5.32. The monoisotopic (exact) mass is 479 g/mol. The Morgan fingerprint density at radius 2 is 1.64 bits per heavy atom. The Morgan fingerprint density at radius 1 is 0.970 bits per heavy atom. The first-order valence-electron chi connectivity index (χ1n) is 10.2. The Labute approximate surface area is 197 Å². The molecule has 0 bridgehead atoms. The van der Waals surface area contributed by atoms with Gasteiger partial charge in [0.1, 0.15) is 0 Å². The summed E-state index contributed by atoms with van der Waals surface area (Å²) in [4.78, 5) is 18.1. The highest BCUT2D eigenvalue weighted by Crippen LogP contribution is 2.28. The maximum Gasteiger partial charge on any atom is 0.252 e. The van der Waals surface area contributed by atoms with Crippen molar-refractivity contribution in [1.29, 1.82) is 0 Å². The summed E-state index contributed by atoms with van der Waals surface area (Å²) >= 11 is 6.02. The van der Waals surface area contributed by atoms with Crippen molar-refractivity contribution in [2.75, 3.05) is 11.0 Å². The highest BCUT2D eigenvalue weighted by molar-refractivity contribution is 7.92. The van der Waals surface area contributed by atoms with Crippen molar-refractivity contribution < 1.29 is 13.2 Å². The van der Waals surface area contributed by atoms with Gasteiger partial charge in [-0.1, -0.05) is 60.1 Å². The molecule has 4 aromatic rings. The fourth-order valence-electron chi connectivity index (χ4n) is 3.65. The molecule has 1 heterocycles. The van der Waals surface area contributed by atoms with E-state index in [-0.39, 0.29) is 5.91 Å². The number of hydrogen-bond donors (Lipinski definition) is 2. The number of fused-ring (bicyclic) bond motifs is 1. The highest BCUT2D eigenvalue weighted by Gasteiger charge is 2.19. The lowest BCUT2D eigenvalue weighted by atomic mass is 10.0. The first-order valence-corrected chi connectivity index (χ1v) is 12.5. The van der Waals surface area contributed by atoms with E-state index in [9.17, 15) is 13.2 Å². The van der Waals surface area contributed by atoms with Gasteiger partial charge in [0.25, 0.3) is 5.91 Å². The quantitative estimate of drug-likeness (QED) is 0.386. The fraction of sp³-hybridized carbons (Fsp3) is 0.120. The third-order valence-electron chi connectivity index (χ3n) is 5.17. The first-order chi connectivity index (χ1) is 15.7. The van der Waals surface area contributed by atoms with Gasteiger partial charge in [0.2, 0.25) is 10.0 Å².